The van der Waals surface area contributed by atoms with Crippen molar-refractivity contribution >= 4 is 46.0 Å². The third kappa shape index (κ3) is 9.51. The highest BCUT2D eigenvalue weighted by atomic mass is 32.2. The number of hydrogen-bond acceptors (Lipinski definition) is 11. The molecule has 1 unspecified atom stereocenters. The van der Waals surface area contributed by atoms with Gasteiger partial charge in [0.2, 0.25) is 21.8 Å². The molecule has 0 spiro atoms. The Morgan fingerprint density at radius 1 is 0.938 bits per heavy atom. The summed E-state index contributed by atoms with van der Waals surface area (Å²) < 4.78 is 59.2. The maximum Gasteiger partial charge on any atom is 0.410 e. The number of hydrogen-bond donors (Lipinski definition) is 4. The summed E-state index contributed by atoms with van der Waals surface area (Å²) in [5, 5.41) is 6.99. The summed E-state index contributed by atoms with van der Waals surface area (Å²) in [7, 11) is -4.01. The second kappa shape index (κ2) is 17.5. The molecule has 0 radical (unpaired) electrons. The molecule has 3 fully saturated rings. The fraction of sp³-hybridized carbons (Fsp3) is 0.435. The van der Waals surface area contributed by atoms with E-state index in [0.717, 1.165) is 27.2 Å². The summed E-state index contributed by atoms with van der Waals surface area (Å²) in [4.78, 5) is 85.1. The molecule has 2 saturated carbocycles. The molecule has 5 aliphatic rings. The van der Waals surface area contributed by atoms with Crippen molar-refractivity contribution in [2.24, 2.45) is 5.92 Å². The minimum absolute atomic E-state index is 0.0201. The number of benzene rings is 3. The molecule has 6 amide bonds. The maximum atomic E-state index is 14.7. The van der Waals surface area contributed by atoms with Gasteiger partial charge < -0.3 is 35.1 Å². The van der Waals surface area contributed by atoms with E-state index in [1.165, 1.54) is 23.1 Å². The van der Waals surface area contributed by atoms with Gasteiger partial charge in [-0.2, -0.15) is 0 Å². The quantitative estimate of drug-likeness (QED) is 0.140. The minimum atomic E-state index is -4.01. The van der Waals surface area contributed by atoms with Gasteiger partial charge in [-0.3, -0.25) is 24.0 Å². The first kappa shape index (κ1) is 45.1. The number of nitrogens with one attached hydrogen (secondary N) is 4. The fourth-order valence-electron chi connectivity index (χ4n) is 8.81. The molecule has 4 N–H and O–H groups in total. The second-order valence-corrected chi connectivity index (χ2v) is 20.0. The minimum Gasteiger partial charge on any atom is -0.449 e. The zero-order chi connectivity index (χ0) is 46.4. The average molecular weight is 915 g/mol. The largest absolute Gasteiger partial charge is 0.449 e. The van der Waals surface area contributed by atoms with Gasteiger partial charge >= 0.3 is 18.3 Å². The van der Waals surface area contributed by atoms with Crippen LogP contribution < -0.4 is 20.7 Å². The summed E-state index contributed by atoms with van der Waals surface area (Å²) in [5.74, 6) is -4.14. The molecular formula is C46H51FN6O11S. The molecule has 344 valence electrons. The summed E-state index contributed by atoms with van der Waals surface area (Å²) in [6, 6.07) is 17.0. The van der Waals surface area contributed by atoms with Crippen molar-refractivity contribution in [3.05, 3.63) is 107 Å². The van der Waals surface area contributed by atoms with Crippen LogP contribution in [0.25, 0.3) is 11.1 Å². The van der Waals surface area contributed by atoms with Gasteiger partial charge in [0, 0.05) is 30.4 Å². The molecule has 1 saturated heterocycles. The van der Waals surface area contributed by atoms with E-state index in [0.29, 0.717) is 24.0 Å². The molecule has 2 aliphatic heterocycles. The van der Waals surface area contributed by atoms with Gasteiger partial charge in [0.1, 0.15) is 41.8 Å². The molecule has 19 heteroatoms. The zero-order valence-corrected chi connectivity index (χ0v) is 37.0. The number of ether oxygens (including phenoxy) is 3. The number of carbonyl (C=O) groups excluding carboxylic acids is 6. The summed E-state index contributed by atoms with van der Waals surface area (Å²) in [6.07, 6.45) is -1.96. The van der Waals surface area contributed by atoms with Crippen LogP contribution in [0.5, 0.6) is 0 Å². The third-order valence-corrected chi connectivity index (χ3v) is 14.2. The van der Waals surface area contributed by atoms with Crippen LogP contribution in [0.2, 0.25) is 0 Å². The van der Waals surface area contributed by atoms with Crippen LogP contribution in [-0.4, -0.2) is 108 Å². The van der Waals surface area contributed by atoms with Gasteiger partial charge in [-0.05, 0) is 73.9 Å². The number of fused-ring (bicyclic) bond motifs is 4. The van der Waals surface area contributed by atoms with E-state index in [2.05, 4.69) is 27.3 Å². The standard InChI is InChI=1S/C46H51FN6O11S/c1-5-27-20-46(27,41(56)51-65(60,61)29-17-18-29)50-39(54)38-19-28(63-44(59)52-22-26-11-10-16-36(47)34(26)24-52)23-53(38)40(55)37(49-43(58)64-45(2,3)4)21-48-42(57)62-25-35-32-14-8-6-12-30(32)31-13-7-9-15-33(31)35/h5-16,27-29,35,37-38H,1,17-25H2,2-4H3,(H,48,57)(H,49,58)(H,50,54)(H,51,56)/t27?,28-,37+,38+,46-/m1/s1. The van der Waals surface area contributed by atoms with Crippen molar-refractivity contribution < 1.29 is 55.8 Å². The van der Waals surface area contributed by atoms with Crippen LogP contribution in [0.15, 0.2) is 79.4 Å². The zero-order valence-electron chi connectivity index (χ0n) is 36.1. The lowest BCUT2D eigenvalue weighted by molar-refractivity contribution is -0.141. The third-order valence-electron chi connectivity index (χ3n) is 12.3. The van der Waals surface area contributed by atoms with Gasteiger partial charge in [-0.15, -0.1) is 6.58 Å². The van der Waals surface area contributed by atoms with E-state index in [4.69, 9.17) is 14.2 Å². The van der Waals surface area contributed by atoms with Gasteiger partial charge in [-0.25, -0.2) is 27.2 Å². The molecule has 0 bridgehead atoms. The van der Waals surface area contributed by atoms with Crippen molar-refractivity contribution in [3.63, 3.8) is 0 Å². The predicted octanol–water partition coefficient (Wildman–Crippen LogP) is 4.35. The van der Waals surface area contributed by atoms with Gasteiger partial charge in [-0.1, -0.05) is 66.7 Å². The molecule has 17 nitrogen and oxygen atoms in total. The highest BCUT2D eigenvalue weighted by molar-refractivity contribution is 7.91. The Kier molecular flexibility index (Phi) is 12.1. The maximum absolute atomic E-state index is 14.7. The Morgan fingerprint density at radius 2 is 1.62 bits per heavy atom. The fourth-order valence-corrected chi connectivity index (χ4v) is 10.2. The number of amides is 6. The van der Waals surface area contributed by atoms with Crippen molar-refractivity contribution in [2.45, 2.75) is 100 Å². The Bertz CT molecular complexity index is 2520. The molecule has 3 aromatic carbocycles. The number of rotatable bonds is 13. The van der Waals surface area contributed by atoms with E-state index < -0.39 is 98.9 Å². The van der Waals surface area contributed by atoms with E-state index in [-0.39, 0.29) is 45.0 Å². The predicted molar refractivity (Wildman–Crippen MR) is 232 cm³/mol. The Labute approximate surface area is 375 Å². The first-order chi connectivity index (χ1) is 30.9. The van der Waals surface area contributed by atoms with Crippen LogP contribution in [0.1, 0.15) is 74.6 Å². The van der Waals surface area contributed by atoms with Crippen molar-refractivity contribution in [1.82, 2.24) is 30.5 Å². The summed E-state index contributed by atoms with van der Waals surface area (Å²) in [5.41, 5.74) is 2.21. The second-order valence-electron chi connectivity index (χ2n) is 18.1. The van der Waals surface area contributed by atoms with Crippen molar-refractivity contribution in [1.29, 1.82) is 0 Å². The van der Waals surface area contributed by atoms with E-state index in [9.17, 15) is 41.6 Å². The number of likely N-dealkylation sites (tertiary alicyclic amines) is 1. The molecule has 65 heavy (non-hydrogen) atoms. The number of sulfonamides is 1. The lowest BCUT2D eigenvalue weighted by Crippen LogP contribution is -2.60. The van der Waals surface area contributed by atoms with Crippen LogP contribution in [0.4, 0.5) is 18.8 Å². The van der Waals surface area contributed by atoms with Gasteiger partial charge in [0.05, 0.1) is 24.9 Å². The molecule has 5 atom stereocenters. The van der Waals surface area contributed by atoms with Crippen LogP contribution in [-0.2, 0) is 51.7 Å². The lowest BCUT2D eigenvalue weighted by Gasteiger charge is -2.30. The Balaban J connectivity index is 1.01. The topological polar surface area (TPSA) is 219 Å². The first-order valence-electron chi connectivity index (χ1n) is 21.5. The lowest BCUT2D eigenvalue weighted by atomic mass is 9.98. The van der Waals surface area contributed by atoms with Crippen molar-refractivity contribution in [3.8, 4) is 11.1 Å². The highest BCUT2D eigenvalue weighted by Crippen LogP contribution is 2.46. The average Bonchev–Trinajstić information content (AvgIpc) is 4.11. The number of alkyl carbamates (subject to hydrolysis) is 2. The summed E-state index contributed by atoms with van der Waals surface area (Å²) >= 11 is 0. The van der Waals surface area contributed by atoms with E-state index >= 15 is 0 Å². The van der Waals surface area contributed by atoms with Gasteiger partial charge in [0.15, 0.2) is 0 Å². The molecule has 0 aromatic heterocycles. The number of carbonyl (C=O) groups is 6. The van der Waals surface area contributed by atoms with Crippen LogP contribution >= 0.6 is 0 Å². The SMILES string of the molecule is C=CC1C[C@]1(NC(=O)[C@@H]1C[C@@H](OC(=O)N2Cc3cccc(F)c3C2)CN1C(=O)[C@H](CNC(=O)OCC1c2ccccc2-c2ccccc21)NC(=O)OC(C)(C)C)C(=O)NS(=O)(=O)C1CC1. The Hall–Kier alpha value is -6.50. The highest BCUT2D eigenvalue weighted by Gasteiger charge is 2.62. The molecule has 2 heterocycles. The summed E-state index contributed by atoms with van der Waals surface area (Å²) in [6.45, 7) is 7.59. The monoisotopic (exact) mass is 914 g/mol. The normalized spacial score (nSPS) is 22.4. The first-order valence-corrected chi connectivity index (χ1v) is 23.0. The molecule has 3 aromatic rings. The Morgan fingerprint density at radius 3 is 2.23 bits per heavy atom. The van der Waals surface area contributed by atoms with Crippen LogP contribution in [0.3, 0.4) is 0 Å². The van der Waals surface area contributed by atoms with Crippen molar-refractivity contribution in [2.75, 3.05) is 19.7 Å². The van der Waals surface area contributed by atoms with E-state index in [1.54, 1.807) is 26.8 Å². The molecule has 3 aliphatic carbocycles. The van der Waals surface area contributed by atoms with E-state index in [1.807, 2.05) is 48.5 Å². The number of halogens is 1. The smallest absolute Gasteiger partial charge is 0.410 e. The molecular weight excluding hydrogens is 864 g/mol. The van der Waals surface area contributed by atoms with Gasteiger partial charge in [0.25, 0.3) is 5.91 Å². The molecule has 8 rings (SSSR count). The van der Waals surface area contributed by atoms with Crippen LogP contribution in [0, 0.1) is 11.7 Å². The number of nitrogens with zero attached hydrogens (tertiary/aromatic N) is 2.